The smallest absolute Gasteiger partial charge is 0.224 e. The van der Waals surface area contributed by atoms with Crippen molar-refractivity contribution in [1.29, 1.82) is 0 Å². The number of carbonyl (C=O) groups excluding carboxylic acids is 1. The van der Waals surface area contributed by atoms with E-state index in [9.17, 15) is 4.79 Å². The third kappa shape index (κ3) is 4.26. The highest BCUT2D eigenvalue weighted by atomic mass is 35.5. The van der Waals surface area contributed by atoms with Crippen LogP contribution >= 0.6 is 23.2 Å². The molecule has 0 fully saturated rings. The molecule has 20 heavy (non-hydrogen) atoms. The molecule has 0 radical (unpaired) electrons. The zero-order valence-electron chi connectivity index (χ0n) is 10.9. The first kappa shape index (κ1) is 14.9. The molecule has 4 heteroatoms. The van der Waals surface area contributed by atoms with Gasteiger partial charge in [-0.05, 0) is 23.3 Å². The summed E-state index contributed by atoms with van der Waals surface area (Å²) in [5, 5.41) is 3.57. The van der Waals surface area contributed by atoms with Crippen molar-refractivity contribution < 1.29 is 4.79 Å². The largest absolute Gasteiger partial charge is 0.348 e. The summed E-state index contributed by atoms with van der Waals surface area (Å²) in [7, 11) is 0. The Hall–Kier alpha value is -1.51. The number of rotatable bonds is 5. The minimum Gasteiger partial charge on any atom is -0.348 e. The third-order valence-corrected chi connectivity index (χ3v) is 3.49. The Morgan fingerprint density at radius 3 is 2.50 bits per heavy atom. The van der Waals surface area contributed by atoms with Gasteiger partial charge in [0.15, 0.2) is 0 Å². The van der Waals surface area contributed by atoms with Gasteiger partial charge < -0.3 is 5.32 Å². The number of alkyl halides is 1. The number of benzene rings is 2. The van der Waals surface area contributed by atoms with Crippen molar-refractivity contribution in [3.8, 4) is 0 Å². The van der Waals surface area contributed by atoms with Crippen LogP contribution in [0.1, 0.15) is 17.2 Å². The summed E-state index contributed by atoms with van der Waals surface area (Å²) in [5.74, 6) is 0.271. The van der Waals surface area contributed by atoms with Crippen LogP contribution < -0.4 is 5.32 Å². The van der Waals surface area contributed by atoms with Gasteiger partial charge in [0.05, 0.1) is 12.5 Å². The second-order valence-electron chi connectivity index (χ2n) is 4.49. The van der Waals surface area contributed by atoms with Crippen LogP contribution in [0.25, 0.3) is 0 Å². The molecule has 2 rings (SSSR count). The highest BCUT2D eigenvalue weighted by Gasteiger charge is 2.13. The van der Waals surface area contributed by atoms with E-state index in [1.54, 1.807) is 12.1 Å². The molecule has 0 aromatic heterocycles. The Labute approximate surface area is 128 Å². The molecule has 0 aliphatic carbocycles. The van der Waals surface area contributed by atoms with E-state index in [1.165, 1.54) is 0 Å². The van der Waals surface area contributed by atoms with Gasteiger partial charge in [-0.2, -0.15) is 0 Å². The Kier molecular flexibility index (Phi) is 5.45. The third-order valence-electron chi connectivity index (χ3n) is 2.95. The topological polar surface area (TPSA) is 29.1 Å². The van der Waals surface area contributed by atoms with Crippen molar-refractivity contribution in [3.05, 3.63) is 70.7 Å². The van der Waals surface area contributed by atoms with Crippen LogP contribution in [0.2, 0.25) is 5.02 Å². The lowest BCUT2D eigenvalue weighted by atomic mass is 10.1. The van der Waals surface area contributed by atoms with E-state index in [1.807, 2.05) is 42.5 Å². The van der Waals surface area contributed by atoms with Gasteiger partial charge >= 0.3 is 0 Å². The Balaban J connectivity index is 2.00. The van der Waals surface area contributed by atoms with E-state index in [2.05, 4.69) is 5.32 Å². The first-order chi connectivity index (χ1) is 9.69. The molecule has 104 valence electrons. The summed E-state index contributed by atoms with van der Waals surface area (Å²) >= 11 is 11.8. The van der Waals surface area contributed by atoms with Crippen molar-refractivity contribution in [3.63, 3.8) is 0 Å². The second-order valence-corrected chi connectivity index (χ2v) is 5.24. The van der Waals surface area contributed by atoms with Gasteiger partial charge in [0, 0.05) is 10.9 Å². The molecule has 1 atom stereocenters. The summed E-state index contributed by atoms with van der Waals surface area (Å²) in [6.45, 7) is 0. The normalized spacial score (nSPS) is 11.9. The number of amides is 1. The van der Waals surface area contributed by atoms with Gasteiger partial charge in [0.2, 0.25) is 5.91 Å². The average Bonchev–Trinajstić information content (AvgIpc) is 2.45. The van der Waals surface area contributed by atoms with Crippen molar-refractivity contribution in [2.75, 3.05) is 5.88 Å². The molecule has 0 aliphatic heterocycles. The fourth-order valence-electron chi connectivity index (χ4n) is 1.97. The van der Waals surface area contributed by atoms with E-state index in [4.69, 9.17) is 23.2 Å². The van der Waals surface area contributed by atoms with Gasteiger partial charge in [-0.3, -0.25) is 4.79 Å². The highest BCUT2D eigenvalue weighted by molar-refractivity contribution is 6.30. The second kappa shape index (κ2) is 7.32. The van der Waals surface area contributed by atoms with Gasteiger partial charge in [-0.1, -0.05) is 54.1 Å². The Morgan fingerprint density at radius 2 is 1.85 bits per heavy atom. The van der Waals surface area contributed by atoms with Gasteiger partial charge in [-0.15, -0.1) is 11.6 Å². The van der Waals surface area contributed by atoms with Gasteiger partial charge in [0.25, 0.3) is 0 Å². The van der Waals surface area contributed by atoms with Crippen LogP contribution in [0.5, 0.6) is 0 Å². The molecular formula is C16H15Cl2NO. The molecule has 0 bridgehead atoms. The van der Waals surface area contributed by atoms with E-state index in [0.717, 1.165) is 11.1 Å². The molecule has 1 amide bonds. The van der Waals surface area contributed by atoms with Gasteiger partial charge in [0.1, 0.15) is 0 Å². The maximum Gasteiger partial charge on any atom is 0.224 e. The molecule has 2 aromatic carbocycles. The monoisotopic (exact) mass is 307 g/mol. The van der Waals surface area contributed by atoms with Crippen LogP contribution in [0.4, 0.5) is 0 Å². The first-order valence-electron chi connectivity index (χ1n) is 6.34. The minimum absolute atomic E-state index is 0.0678. The summed E-state index contributed by atoms with van der Waals surface area (Å²) in [6.07, 6.45) is 0.292. The molecule has 0 heterocycles. The molecule has 0 aliphatic rings. The summed E-state index contributed by atoms with van der Waals surface area (Å²) in [5.41, 5.74) is 1.89. The lowest BCUT2D eigenvalue weighted by molar-refractivity contribution is -0.121. The SMILES string of the molecule is O=C(Cc1cccc(Cl)c1)NC(CCl)c1ccccc1. The number of halogens is 2. The van der Waals surface area contributed by atoms with Crippen LogP contribution in [0.3, 0.4) is 0 Å². The van der Waals surface area contributed by atoms with E-state index in [0.29, 0.717) is 17.3 Å². The molecular weight excluding hydrogens is 293 g/mol. The standard InChI is InChI=1S/C16H15Cl2NO/c17-11-15(13-6-2-1-3-7-13)19-16(20)10-12-5-4-8-14(18)9-12/h1-9,15H,10-11H2,(H,19,20). The van der Waals surface area contributed by atoms with Gasteiger partial charge in [-0.25, -0.2) is 0 Å². The highest BCUT2D eigenvalue weighted by Crippen LogP contribution is 2.15. The van der Waals surface area contributed by atoms with Crippen molar-refractivity contribution in [1.82, 2.24) is 5.32 Å². The molecule has 0 spiro atoms. The molecule has 1 unspecified atom stereocenters. The van der Waals surface area contributed by atoms with Crippen LogP contribution in [-0.4, -0.2) is 11.8 Å². The van der Waals surface area contributed by atoms with Crippen molar-refractivity contribution >= 4 is 29.1 Å². The fourth-order valence-corrected chi connectivity index (χ4v) is 2.44. The minimum atomic E-state index is -0.176. The average molecular weight is 308 g/mol. The van der Waals surface area contributed by atoms with Crippen molar-refractivity contribution in [2.24, 2.45) is 0 Å². The lowest BCUT2D eigenvalue weighted by Crippen LogP contribution is -2.30. The van der Waals surface area contributed by atoms with Crippen LogP contribution in [0.15, 0.2) is 54.6 Å². The Morgan fingerprint density at radius 1 is 1.10 bits per heavy atom. The zero-order valence-corrected chi connectivity index (χ0v) is 12.4. The first-order valence-corrected chi connectivity index (χ1v) is 7.25. The zero-order chi connectivity index (χ0) is 14.4. The van der Waals surface area contributed by atoms with E-state index in [-0.39, 0.29) is 11.9 Å². The quantitative estimate of drug-likeness (QED) is 0.832. The summed E-state index contributed by atoms with van der Waals surface area (Å²) < 4.78 is 0. The summed E-state index contributed by atoms with van der Waals surface area (Å²) in [6, 6.07) is 16.8. The lowest BCUT2D eigenvalue weighted by Gasteiger charge is -2.16. The van der Waals surface area contributed by atoms with Crippen LogP contribution in [-0.2, 0) is 11.2 Å². The molecule has 0 saturated carbocycles. The van der Waals surface area contributed by atoms with Crippen molar-refractivity contribution in [2.45, 2.75) is 12.5 Å². The molecule has 2 aromatic rings. The Bertz CT molecular complexity index is 572. The number of hydrogen-bond donors (Lipinski definition) is 1. The predicted molar refractivity (Wildman–Crippen MR) is 83.2 cm³/mol. The number of nitrogens with one attached hydrogen (secondary N) is 1. The number of carbonyl (C=O) groups is 1. The predicted octanol–water partition coefficient (Wildman–Crippen LogP) is 3.98. The number of hydrogen-bond acceptors (Lipinski definition) is 1. The fraction of sp³-hybridized carbons (Fsp3) is 0.188. The van der Waals surface area contributed by atoms with E-state index >= 15 is 0 Å². The maximum atomic E-state index is 12.1. The van der Waals surface area contributed by atoms with Crippen LogP contribution in [0, 0.1) is 0 Å². The molecule has 1 N–H and O–H groups in total. The molecule has 2 nitrogen and oxygen atoms in total. The summed E-state index contributed by atoms with van der Waals surface area (Å²) in [4.78, 5) is 12.1. The molecule has 0 saturated heterocycles. The maximum absolute atomic E-state index is 12.1. The van der Waals surface area contributed by atoms with E-state index < -0.39 is 0 Å².